The standard InChI is InChI=1S/C21H23N3O3/c25-21(19-2-1-3-20-18(19)8-9-22-20)23-16-4-6-17(7-5-16)27-15-12-24-10-13-26-14-11-24/h1-9,22H,10-15H2,(H,23,25). The Hall–Kier alpha value is -2.83. The lowest BCUT2D eigenvalue weighted by Crippen LogP contribution is -2.38. The molecule has 0 atom stereocenters. The summed E-state index contributed by atoms with van der Waals surface area (Å²) in [5.41, 5.74) is 2.35. The lowest BCUT2D eigenvalue weighted by Gasteiger charge is -2.26. The number of fused-ring (bicyclic) bond motifs is 1. The molecule has 1 aromatic heterocycles. The molecule has 0 unspecified atom stereocenters. The number of hydrogen-bond acceptors (Lipinski definition) is 4. The van der Waals surface area contributed by atoms with Crippen LogP contribution >= 0.6 is 0 Å². The van der Waals surface area contributed by atoms with Crippen LogP contribution in [-0.4, -0.2) is 55.2 Å². The minimum Gasteiger partial charge on any atom is -0.492 e. The molecule has 2 aromatic carbocycles. The van der Waals surface area contributed by atoms with Gasteiger partial charge in [0.25, 0.3) is 5.91 Å². The highest BCUT2D eigenvalue weighted by Crippen LogP contribution is 2.20. The highest BCUT2D eigenvalue weighted by atomic mass is 16.5. The van der Waals surface area contributed by atoms with E-state index in [1.165, 1.54) is 0 Å². The van der Waals surface area contributed by atoms with E-state index in [1.54, 1.807) is 0 Å². The third-order valence-electron chi connectivity index (χ3n) is 4.73. The molecule has 0 bridgehead atoms. The summed E-state index contributed by atoms with van der Waals surface area (Å²) in [6.07, 6.45) is 1.84. The minimum atomic E-state index is -0.124. The van der Waals surface area contributed by atoms with Gasteiger partial charge in [-0.2, -0.15) is 0 Å². The number of nitrogens with one attached hydrogen (secondary N) is 2. The number of aromatic nitrogens is 1. The SMILES string of the molecule is O=C(Nc1ccc(OCCN2CCOCC2)cc1)c1cccc2[nH]ccc12. The van der Waals surface area contributed by atoms with E-state index >= 15 is 0 Å². The molecule has 0 spiro atoms. The van der Waals surface area contributed by atoms with Crippen LogP contribution in [0.15, 0.2) is 54.7 Å². The first-order valence-corrected chi connectivity index (χ1v) is 9.20. The Morgan fingerprint density at radius 1 is 1.11 bits per heavy atom. The van der Waals surface area contributed by atoms with Crippen molar-refractivity contribution in [2.75, 3.05) is 44.8 Å². The summed E-state index contributed by atoms with van der Waals surface area (Å²) >= 11 is 0. The van der Waals surface area contributed by atoms with Crippen LogP contribution in [0, 0.1) is 0 Å². The van der Waals surface area contributed by atoms with Crippen LogP contribution < -0.4 is 10.1 Å². The van der Waals surface area contributed by atoms with Gasteiger partial charge >= 0.3 is 0 Å². The number of carbonyl (C=O) groups excluding carboxylic acids is 1. The van der Waals surface area contributed by atoms with E-state index in [2.05, 4.69) is 15.2 Å². The van der Waals surface area contributed by atoms with E-state index in [-0.39, 0.29) is 5.91 Å². The van der Waals surface area contributed by atoms with Crippen molar-refractivity contribution < 1.29 is 14.3 Å². The van der Waals surface area contributed by atoms with Gasteiger partial charge in [-0.05, 0) is 42.5 Å². The second-order valence-electron chi connectivity index (χ2n) is 6.53. The molecule has 1 aliphatic rings. The van der Waals surface area contributed by atoms with E-state index in [9.17, 15) is 4.79 Å². The molecule has 0 radical (unpaired) electrons. The molecule has 0 saturated carbocycles. The number of rotatable bonds is 6. The lowest BCUT2D eigenvalue weighted by molar-refractivity contribution is 0.0322. The van der Waals surface area contributed by atoms with Crippen LogP contribution in [0.4, 0.5) is 5.69 Å². The summed E-state index contributed by atoms with van der Waals surface area (Å²) in [6.45, 7) is 5.05. The minimum absolute atomic E-state index is 0.124. The average Bonchev–Trinajstić information content (AvgIpc) is 3.19. The van der Waals surface area contributed by atoms with E-state index in [4.69, 9.17) is 9.47 Å². The van der Waals surface area contributed by atoms with E-state index in [0.29, 0.717) is 12.2 Å². The van der Waals surface area contributed by atoms with E-state index in [0.717, 1.165) is 55.2 Å². The number of aromatic amines is 1. The molecule has 27 heavy (non-hydrogen) atoms. The van der Waals surface area contributed by atoms with Crippen LogP contribution in [0.3, 0.4) is 0 Å². The van der Waals surface area contributed by atoms with Crippen LogP contribution in [0.5, 0.6) is 5.75 Å². The molecule has 3 aromatic rings. The molecular formula is C21H23N3O3. The number of hydrogen-bond donors (Lipinski definition) is 2. The number of ether oxygens (including phenoxy) is 2. The summed E-state index contributed by atoms with van der Waals surface area (Å²) < 4.78 is 11.1. The van der Waals surface area contributed by atoms with Gasteiger partial charge in [0.05, 0.1) is 13.2 Å². The zero-order chi connectivity index (χ0) is 18.5. The number of morpholine rings is 1. The number of H-pyrrole nitrogens is 1. The van der Waals surface area contributed by atoms with Crippen molar-refractivity contribution in [3.05, 3.63) is 60.3 Å². The molecule has 6 nitrogen and oxygen atoms in total. The van der Waals surface area contributed by atoms with Crippen molar-refractivity contribution in [3.63, 3.8) is 0 Å². The number of anilines is 1. The molecule has 2 N–H and O–H groups in total. The molecule has 1 saturated heterocycles. The predicted octanol–water partition coefficient (Wildman–Crippen LogP) is 3.13. The highest BCUT2D eigenvalue weighted by Gasteiger charge is 2.11. The van der Waals surface area contributed by atoms with Crippen LogP contribution in [0.1, 0.15) is 10.4 Å². The molecule has 6 heteroatoms. The molecule has 1 fully saturated rings. The molecule has 2 heterocycles. The van der Waals surface area contributed by atoms with Gasteiger partial charge in [-0.3, -0.25) is 9.69 Å². The third-order valence-corrected chi connectivity index (χ3v) is 4.73. The molecule has 1 aliphatic heterocycles. The first-order chi connectivity index (χ1) is 13.3. The van der Waals surface area contributed by atoms with Crippen LogP contribution in [0.2, 0.25) is 0 Å². The summed E-state index contributed by atoms with van der Waals surface area (Å²) in [4.78, 5) is 18.0. The van der Waals surface area contributed by atoms with Crippen molar-refractivity contribution in [1.82, 2.24) is 9.88 Å². The Morgan fingerprint density at radius 3 is 2.74 bits per heavy atom. The Labute approximate surface area is 158 Å². The largest absolute Gasteiger partial charge is 0.492 e. The molecular weight excluding hydrogens is 342 g/mol. The zero-order valence-electron chi connectivity index (χ0n) is 15.1. The van der Waals surface area contributed by atoms with Crippen molar-refractivity contribution in [2.24, 2.45) is 0 Å². The summed E-state index contributed by atoms with van der Waals surface area (Å²) in [5, 5.41) is 3.86. The van der Waals surface area contributed by atoms with Gasteiger partial charge in [0.2, 0.25) is 0 Å². The lowest BCUT2D eigenvalue weighted by atomic mass is 10.1. The molecule has 140 valence electrons. The number of amides is 1. The zero-order valence-corrected chi connectivity index (χ0v) is 15.1. The van der Waals surface area contributed by atoms with Gasteiger partial charge in [-0.25, -0.2) is 0 Å². The molecule has 1 amide bonds. The van der Waals surface area contributed by atoms with Crippen LogP contribution in [-0.2, 0) is 4.74 Å². The van der Waals surface area contributed by atoms with Gasteiger partial charge in [-0.1, -0.05) is 6.07 Å². The first kappa shape index (κ1) is 17.6. The normalized spacial score (nSPS) is 15.0. The smallest absolute Gasteiger partial charge is 0.256 e. The number of nitrogens with zero attached hydrogens (tertiary/aromatic N) is 1. The van der Waals surface area contributed by atoms with Crippen molar-refractivity contribution in [2.45, 2.75) is 0 Å². The maximum atomic E-state index is 12.6. The molecule has 0 aliphatic carbocycles. The van der Waals surface area contributed by atoms with Gasteiger partial charge < -0.3 is 19.8 Å². The Morgan fingerprint density at radius 2 is 1.93 bits per heavy atom. The average molecular weight is 365 g/mol. The maximum Gasteiger partial charge on any atom is 0.256 e. The Bertz CT molecular complexity index is 898. The van der Waals surface area contributed by atoms with Gasteiger partial charge in [0.1, 0.15) is 12.4 Å². The van der Waals surface area contributed by atoms with E-state index in [1.807, 2.05) is 54.7 Å². The first-order valence-electron chi connectivity index (χ1n) is 9.20. The topological polar surface area (TPSA) is 66.6 Å². The number of benzene rings is 2. The van der Waals surface area contributed by atoms with Crippen molar-refractivity contribution >= 4 is 22.5 Å². The predicted molar refractivity (Wildman–Crippen MR) is 105 cm³/mol. The van der Waals surface area contributed by atoms with Gasteiger partial charge in [-0.15, -0.1) is 0 Å². The Balaban J connectivity index is 1.32. The Kier molecular flexibility index (Phi) is 5.37. The van der Waals surface area contributed by atoms with Crippen molar-refractivity contribution in [1.29, 1.82) is 0 Å². The summed E-state index contributed by atoms with van der Waals surface area (Å²) in [5.74, 6) is 0.676. The second-order valence-corrected chi connectivity index (χ2v) is 6.53. The molecule has 4 rings (SSSR count). The summed E-state index contributed by atoms with van der Waals surface area (Å²) in [7, 11) is 0. The van der Waals surface area contributed by atoms with Gasteiger partial charge in [0, 0.05) is 48.0 Å². The van der Waals surface area contributed by atoms with Crippen molar-refractivity contribution in [3.8, 4) is 5.75 Å². The quantitative estimate of drug-likeness (QED) is 0.704. The fraction of sp³-hybridized carbons (Fsp3) is 0.286. The van der Waals surface area contributed by atoms with Gasteiger partial charge in [0.15, 0.2) is 0 Å². The van der Waals surface area contributed by atoms with Crippen LogP contribution in [0.25, 0.3) is 10.9 Å². The number of carbonyl (C=O) groups is 1. The van der Waals surface area contributed by atoms with E-state index < -0.39 is 0 Å². The second kappa shape index (κ2) is 8.24. The monoisotopic (exact) mass is 365 g/mol. The third kappa shape index (κ3) is 4.30. The maximum absolute atomic E-state index is 12.6. The highest BCUT2D eigenvalue weighted by molar-refractivity contribution is 6.12. The fourth-order valence-electron chi connectivity index (χ4n) is 3.23. The fourth-order valence-corrected chi connectivity index (χ4v) is 3.23. The summed E-state index contributed by atoms with van der Waals surface area (Å²) in [6, 6.07) is 15.1.